The topological polar surface area (TPSA) is 15.3 Å². The molecule has 0 fully saturated rings. The van der Waals surface area contributed by atoms with Gasteiger partial charge in [-0.3, -0.25) is 4.90 Å². The molecule has 1 heterocycles. The van der Waals surface area contributed by atoms with Crippen LogP contribution in [0.5, 0.6) is 0 Å². The summed E-state index contributed by atoms with van der Waals surface area (Å²) in [5.74, 6) is 0. The first kappa shape index (κ1) is 15.3. The largest absolute Gasteiger partial charge is 0.401 e. The van der Waals surface area contributed by atoms with Crippen molar-refractivity contribution in [2.75, 3.05) is 19.6 Å². The molecule has 1 atom stereocenters. The van der Waals surface area contributed by atoms with Crippen molar-refractivity contribution < 1.29 is 13.2 Å². The minimum absolute atomic E-state index is 0.263. The summed E-state index contributed by atoms with van der Waals surface area (Å²) >= 11 is 0. The third-order valence-electron chi connectivity index (χ3n) is 3.93. The van der Waals surface area contributed by atoms with Gasteiger partial charge in [0.1, 0.15) is 0 Å². The predicted molar refractivity (Wildman–Crippen MR) is 73.6 cm³/mol. The molecule has 1 aromatic carbocycles. The van der Waals surface area contributed by atoms with Gasteiger partial charge in [-0.05, 0) is 36.6 Å². The van der Waals surface area contributed by atoms with Gasteiger partial charge in [0.15, 0.2) is 0 Å². The second-order valence-electron chi connectivity index (χ2n) is 5.31. The number of benzene rings is 1. The van der Waals surface area contributed by atoms with E-state index in [1.54, 1.807) is 0 Å². The number of rotatable bonds is 4. The lowest BCUT2D eigenvalue weighted by atomic mass is 9.92. The highest BCUT2D eigenvalue weighted by Crippen LogP contribution is 2.29. The fraction of sp³-hybridized carbons (Fsp3) is 0.600. The lowest BCUT2D eigenvalue weighted by Crippen LogP contribution is -2.34. The minimum Gasteiger partial charge on any atom is -0.305 e. The monoisotopic (exact) mass is 286 g/mol. The third-order valence-corrected chi connectivity index (χ3v) is 3.93. The molecule has 1 aliphatic heterocycles. The molecule has 1 aromatic rings. The number of fused-ring (bicyclic) bond motifs is 1. The maximum atomic E-state index is 12.1. The molecule has 112 valence electrons. The maximum absolute atomic E-state index is 12.1. The predicted octanol–water partition coefficient (Wildman–Crippen LogP) is 3.28. The van der Waals surface area contributed by atoms with Crippen LogP contribution >= 0.6 is 0 Å². The number of hydrogen-bond acceptors (Lipinski definition) is 2. The van der Waals surface area contributed by atoms with Crippen LogP contribution in [-0.2, 0) is 13.0 Å². The average molecular weight is 286 g/mol. The molecule has 0 radical (unpaired) electrons. The van der Waals surface area contributed by atoms with Crippen molar-refractivity contribution in [1.29, 1.82) is 0 Å². The van der Waals surface area contributed by atoms with Gasteiger partial charge in [-0.15, -0.1) is 0 Å². The summed E-state index contributed by atoms with van der Waals surface area (Å²) in [5.41, 5.74) is 3.50. The van der Waals surface area contributed by atoms with Crippen molar-refractivity contribution in [2.24, 2.45) is 0 Å². The van der Waals surface area contributed by atoms with Gasteiger partial charge in [-0.1, -0.05) is 25.1 Å². The van der Waals surface area contributed by atoms with Crippen molar-refractivity contribution in [3.63, 3.8) is 0 Å². The summed E-state index contributed by atoms with van der Waals surface area (Å²) < 4.78 is 36.3. The Morgan fingerprint density at radius 3 is 2.75 bits per heavy atom. The number of likely N-dealkylation sites (N-methyl/N-ethyl adjacent to an activating group) is 1. The Morgan fingerprint density at radius 1 is 1.35 bits per heavy atom. The fourth-order valence-electron chi connectivity index (χ4n) is 2.83. The molecular formula is C15H21F3N2. The molecule has 0 saturated carbocycles. The van der Waals surface area contributed by atoms with Gasteiger partial charge in [0.25, 0.3) is 0 Å². The van der Waals surface area contributed by atoms with E-state index in [9.17, 15) is 13.2 Å². The highest BCUT2D eigenvalue weighted by molar-refractivity contribution is 5.36. The number of hydrogen-bond donors (Lipinski definition) is 1. The zero-order valence-corrected chi connectivity index (χ0v) is 11.9. The number of nitrogens with one attached hydrogen (secondary N) is 1. The second-order valence-corrected chi connectivity index (χ2v) is 5.31. The SMILES string of the molecule is CCN1CCc2cc(CNCC(F)(F)F)ccc2C1C. The molecule has 1 unspecified atom stereocenters. The zero-order valence-electron chi connectivity index (χ0n) is 11.9. The smallest absolute Gasteiger partial charge is 0.305 e. The van der Waals surface area contributed by atoms with Gasteiger partial charge >= 0.3 is 6.18 Å². The van der Waals surface area contributed by atoms with E-state index >= 15 is 0 Å². The van der Waals surface area contributed by atoms with Crippen LogP contribution in [0, 0.1) is 0 Å². The Hall–Kier alpha value is -1.07. The second kappa shape index (κ2) is 6.14. The van der Waals surface area contributed by atoms with Crippen molar-refractivity contribution in [3.05, 3.63) is 34.9 Å². The lowest BCUT2D eigenvalue weighted by Gasteiger charge is -2.34. The number of nitrogens with zero attached hydrogens (tertiary/aromatic N) is 1. The van der Waals surface area contributed by atoms with E-state index in [2.05, 4.69) is 30.1 Å². The molecule has 0 spiro atoms. The first-order chi connectivity index (χ1) is 9.40. The highest BCUT2D eigenvalue weighted by Gasteiger charge is 2.26. The molecule has 1 N–H and O–H groups in total. The molecule has 1 aliphatic rings. The van der Waals surface area contributed by atoms with Crippen LogP contribution in [0.25, 0.3) is 0 Å². The summed E-state index contributed by atoms with van der Waals surface area (Å²) in [4.78, 5) is 2.41. The minimum atomic E-state index is -4.15. The van der Waals surface area contributed by atoms with Crippen LogP contribution in [0.4, 0.5) is 13.2 Å². The molecule has 0 aromatic heterocycles. The summed E-state index contributed by atoms with van der Waals surface area (Å²) in [5, 5.41) is 2.44. The number of alkyl halides is 3. The Labute approximate surface area is 118 Å². The molecule has 2 nitrogen and oxygen atoms in total. The lowest BCUT2D eigenvalue weighted by molar-refractivity contribution is -0.125. The van der Waals surface area contributed by atoms with Gasteiger partial charge in [-0.2, -0.15) is 13.2 Å². The molecule has 5 heteroatoms. The van der Waals surface area contributed by atoms with Crippen LogP contribution in [0.15, 0.2) is 18.2 Å². The third kappa shape index (κ3) is 3.73. The van der Waals surface area contributed by atoms with Crippen LogP contribution in [0.1, 0.15) is 36.6 Å². The van der Waals surface area contributed by atoms with E-state index < -0.39 is 12.7 Å². The fourth-order valence-corrected chi connectivity index (χ4v) is 2.83. The van der Waals surface area contributed by atoms with Crippen molar-refractivity contribution in [3.8, 4) is 0 Å². The van der Waals surface area contributed by atoms with Crippen LogP contribution < -0.4 is 5.32 Å². The standard InChI is InChI=1S/C15H21F3N2/c1-3-20-7-6-13-8-12(4-5-14(13)11(20)2)9-19-10-15(16,17)18/h4-5,8,11,19H,3,6-7,9-10H2,1-2H3. The molecule has 20 heavy (non-hydrogen) atoms. The van der Waals surface area contributed by atoms with E-state index in [4.69, 9.17) is 0 Å². The summed E-state index contributed by atoms with van der Waals surface area (Å²) in [6.07, 6.45) is -3.18. The Kier molecular flexibility index (Phi) is 4.70. The summed E-state index contributed by atoms with van der Waals surface area (Å²) in [6, 6.07) is 6.42. The zero-order chi connectivity index (χ0) is 14.8. The molecular weight excluding hydrogens is 265 g/mol. The normalized spacial score (nSPS) is 19.9. The molecule has 0 saturated heterocycles. The van der Waals surface area contributed by atoms with Gasteiger partial charge in [-0.25, -0.2) is 0 Å². The van der Waals surface area contributed by atoms with E-state index in [0.717, 1.165) is 25.1 Å². The van der Waals surface area contributed by atoms with Crippen molar-refractivity contribution >= 4 is 0 Å². The first-order valence-electron chi connectivity index (χ1n) is 7.04. The van der Waals surface area contributed by atoms with Gasteiger partial charge in [0, 0.05) is 19.1 Å². The van der Waals surface area contributed by atoms with Gasteiger partial charge < -0.3 is 5.32 Å². The van der Waals surface area contributed by atoms with E-state index in [0.29, 0.717) is 6.04 Å². The van der Waals surface area contributed by atoms with Crippen LogP contribution in [0.3, 0.4) is 0 Å². The Balaban J connectivity index is 2.02. The first-order valence-corrected chi connectivity index (χ1v) is 7.04. The van der Waals surface area contributed by atoms with E-state index in [1.165, 1.54) is 11.1 Å². The van der Waals surface area contributed by atoms with Gasteiger partial charge in [0.05, 0.1) is 6.54 Å². The Morgan fingerprint density at radius 2 is 2.10 bits per heavy atom. The Bertz CT molecular complexity index is 457. The number of halogens is 3. The summed E-state index contributed by atoms with van der Waals surface area (Å²) in [6.45, 7) is 5.70. The van der Waals surface area contributed by atoms with Crippen LogP contribution in [0.2, 0.25) is 0 Å². The highest BCUT2D eigenvalue weighted by atomic mass is 19.4. The van der Waals surface area contributed by atoms with Crippen molar-refractivity contribution in [2.45, 2.75) is 39.0 Å². The average Bonchev–Trinajstić information content (AvgIpc) is 2.38. The van der Waals surface area contributed by atoms with Crippen molar-refractivity contribution in [1.82, 2.24) is 10.2 Å². The van der Waals surface area contributed by atoms with E-state index in [1.807, 2.05) is 12.1 Å². The van der Waals surface area contributed by atoms with E-state index in [-0.39, 0.29) is 6.54 Å². The quantitative estimate of drug-likeness (QED) is 0.914. The molecule has 0 amide bonds. The van der Waals surface area contributed by atoms with Gasteiger partial charge in [0.2, 0.25) is 0 Å². The molecule has 2 rings (SSSR count). The maximum Gasteiger partial charge on any atom is 0.401 e. The molecule has 0 bridgehead atoms. The molecule has 0 aliphatic carbocycles. The summed E-state index contributed by atoms with van der Waals surface area (Å²) in [7, 11) is 0. The van der Waals surface area contributed by atoms with Crippen LogP contribution in [-0.4, -0.2) is 30.7 Å².